The summed E-state index contributed by atoms with van der Waals surface area (Å²) < 4.78 is 5.39. The molecule has 0 aliphatic rings. The van der Waals surface area contributed by atoms with Crippen molar-refractivity contribution in [3.63, 3.8) is 0 Å². The maximum Gasteiger partial charge on any atom is 0.268 e. The summed E-state index contributed by atoms with van der Waals surface area (Å²) in [5.74, 6) is -1.47. The van der Waals surface area contributed by atoms with E-state index in [-0.39, 0.29) is 18.0 Å². The van der Waals surface area contributed by atoms with Crippen LogP contribution in [0.15, 0.2) is 42.5 Å². The Labute approximate surface area is 173 Å². The number of nitrogens with two attached hydrogens (primary N) is 1. The van der Waals surface area contributed by atoms with Gasteiger partial charge in [-0.25, -0.2) is 5.48 Å². The Morgan fingerprint density at radius 3 is 2.33 bits per heavy atom. The molecule has 0 aliphatic carbocycles. The van der Waals surface area contributed by atoms with Gasteiger partial charge in [0.25, 0.3) is 11.8 Å². The van der Waals surface area contributed by atoms with Gasteiger partial charge in [0, 0.05) is 16.8 Å². The molecule has 0 heterocycles. The number of carbonyl (C=O) groups excluding carboxylic acids is 3. The van der Waals surface area contributed by atoms with Crippen LogP contribution in [-0.4, -0.2) is 53.8 Å². The molecule has 0 spiro atoms. The molecule has 2 aromatic rings. The molecule has 0 aliphatic heterocycles. The van der Waals surface area contributed by atoms with Gasteiger partial charge in [-0.3, -0.25) is 19.6 Å². The molecule has 0 unspecified atom stereocenters. The molecule has 10 heteroatoms. The molecule has 2 aromatic carbocycles. The molecule has 0 aromatic heterocycles. The summed E-state index contributed by atoms with van der Waals surface area (Å²) in [7, 11) is 1.45. The van der Waals surface area contributed by atoms with Crippen molar-refractivity contribution in [2.24, 2.45) is 5.73 Å². The highest BCUT2D eigenvalue weighted by atomic mass is 16.5. The van der Waals surface area contributed by atoms with Crippen molar-refractivity contribution in [3.05, 3.63) is 48.0 Å². The highest BCUT2D eigenvalue weighted by Crippen LogP contribution is 2.31. The Bertz CT molecular complexity index is 914. The second kappa shape index (κ2) is 10.3. The maximum absolute atomic E-state index is 12.5. The van der Waals surface area contributed by atoms with Crippen molar-refractivity contribution in [1.82, 2.24) is 10.8 Å². The lowest BCUT2D eigenvalue weighted by atomic mass is 10.0. The lowest BCUT2D eigenvalue weighted by Crippen LogP contribution is -2.51. The topological polar surface area (TPSA) is 163 Å². The van der Waals surface area contributed by atoms with Crippen LogP contribution in [0.5, 0.6) is 5.75 Å². The number of aliphatic hydroxyl groups is 1. The third kappa shape index (κ3) is 5.54. The van der Waals surface area contributed by atoms with Crippen molar-refractivity contribution >= 4 is 23.4 Å². The summed E-state index contributed by atoms with van der Waals surface area (Å²) >= 11 is 0. The van der Waals surface area contributed by atoms with Gasteiger partial charge < -0.3 is 26.2 Å². The second-order valence-corrected chi connectivity index (χ2v) is 6.41. The SMILES string of the molecule is COc1cc(C(=O)N[C@H](C(=O)NO)[C@@H](C)O)ccc1-c1ccc(NC(=O)CN)cc1. The van der Waals surface area contributed by atoms with E-state index in [1.54, 1.807) is 30.3 Å². The summed E-state index contributed by atoms with van der Waals surface area (Å²) in [6, 6.07) is 10.3. The molecule has 0 radical (unpaired) electrons. The van der Waals surface area contributed by atoms with Crippen LogP contribution in [0.2, 0.25) is 0 Å². The fourth-order valence-corrected chi connectivity index (χ4v) is 2.72. The van der Waals surface area contributed by atoms with E-state index in [9.17, 15) is 19.5 Å². The first-order valence-electron chi connectivity index (χ1n) is 9.02. The van der Waals surface area contributed by atoms with Crippen LogP contribution in [0.3, 0.4) is 0 Å². The third-order valence-corrected chi connectivity index (χ3v) is 4.29. The van der Waals surface area contributed by atoms with Crippen molar-refractivity contribution < 1.29 is 29.4 Å². The number of ether oxygens (including phenoxy) is 1. The number of nitrogens with one attached hydrogen (secondary N) is 3. The maximum atomic E-state index is 12.5. The van der Waals surface area contributed by atoms with Crippen LogP contribution in [0.1, 0.15) is 17.3 Å². The van der Waals surface area contributed by atoms with Crippen LogP contribution >= 0.6 is 0 Å². The Kier molecular flexibility index (Phi) is 7.87. The van der Waals surface area contributed by atoms with Gasteiger partial charge in [0.15, 0.2) is 0 Å². The summed E-state index contributed by atoms with van der Waals surface area (Å²) in [6.45, 7) is 1.19. The van der Waals surface area contributed by atoms with Crippen molar-refractivity contribution in [2.45, 2.75) is 19.1 Å². The van der Waals surface area contributed by atoms with E-state index < -0.39 is 24.0 Å². The number of hydrogen-bond acceptors (Lipinski definition) is 7. The van der Waals surface area contributed by atoms with Gasteiger partial charge in [-0.15, -0.1) is 0 Å². The van der Waals surface area contributed by atoms with E-state index in [0.29, 0.717) is 17.0 Å². The van der Waals surface area contributed by atoms with Crippen molar-refractivity contribution in [3.8, 4) is 16.9 Å². The average molecular weight is 416 g/mol. The van der Waals surface area contributed by atoms with Crippen LogP contribution in [0, 0.1) is 0 Å². The molecule has 0 saturated carbocycles. The van der Waals surface area contributed by atoms with Gasteiger partial charge >= 0.3 is 0 Å². The van der Waals surface area contributed by atoms with Gasteiger partial charge in [0.1, 0.15) is 11.8 Å². The number of amides is 3. The largest absolute Gasteiger partial charge is 0.496 e. The highest BCUT2D eigenvalue weighted by Gasteiger charge is 2.26. The zero-order chi connectivity index (χ0) is 22.3. The minimum atomic E-state index is -1.33. The smallest absolute Gasteiger partial charge is 0.268 e. The first-order chi connectivity index (χ1) is 14.3. The second-order valence-electron chi connectivity index (χ2n) is 6.41. The Hall–Kier alpha value is -3.47. The van der Waals surface area contributed by atoms with Gasteiger partial charge in [0.05, 0.1) is 19.8 Å². The van der Waals surface area contributed by atoms with E-state index >= 15 is 0 Å². The Morgan fingerprint density at radius 1 is 1.13 bits per heavy atom. The number of aliphatic hydroxyl groups excluding tert-OH is 1. The van der Waals surface area contributed by atoms with E-state index in [4.69, 9.17) is 15.7 Å². The lowest BCUT2D eigenvalue weighted by Gasteiger charge is -2.19. The zero-order valence-corrected chi connectivity index (χ0v) is 16.5. The van der Waals surface area contributed by atoms with Gasteiger partial charge in [-0.2, -0.15) is 0 Å². The van der Waals surface area contributed by atoms with Crippen LogP contribution in [-0.2, 0) is 9.59 Å². The quantitative estimate of drug-likeness (QED) is 0.265. The highest BCUT2D eigenvalue weighted by molar-refractivity contribution is 5.98. The van der Waals surface area contributed by atoms with Gasteiger partial charge in [-0.05, 0) is 42.8 Å². The minimum absolute atomic E-state index is 0.116. The first kappa shape index (κ1) is 22.8. The normalized spacial score (nSPS) is 12.4. The zero-order valence-electron chi connectivity index (χ0n) is 16.5. The standard InChI is InChI=1S/C20H24N4O6/c1-11(25)18(20(28)24-29)23-19(27)13-5-8-15(16(9-13)30-2)12-3-6-14(7-4-12)22-17(26)10-21/h3-9,11,18,25,29H,10,21H2,1-2H3,(H,22,26)(H,23,27)(H,24,28)/t11-,18+/m1/s1. The number of methoxy groups -OCH3 is 1. The van der Waals surface area contributed by atoms with Crippen LogP contribution in [0.25, 0.3) is 11.1 Å². The predicted molar refractivity (Wildman–Crippen MR) is 109 cm³/mol. The molecular weight excluding hydrogens is 392 g/mol. The first-order valence-corrected chi connectivity index (χ1v) is 9.02. The number of hydroxylamine groups is 1. The van der Waals surface area contributed by atoms with E-state index in [2.05, 4.69) is 10.6 Å². The molecule has 10 nitrogen and oxygen atoms in total. The van der Waals surface area contributed by atoms with E-state index in [1.165, 1.54) is 31.6 Å². The fraction of sp³-hybridized carbons (Fsp3) is 0.250. The number of anilines is 1. The predicted octanol–water partition coefficient (Wildman–Crippen LogP) is 0.244. The monoisotopic (exact) mass is 416 g/mol. The third-order valence-electron chi connectivity index (χ3n) is 4.29. The lowest BCUT2D eigenvalue weighted by molar-refractivity contribution is -0.133. The molecule has 30 heavy (non-hydrogen) atoms. The number of rotatable bonds is 8. The van der Waals surface area contributed by atoms with Crippen molar-refractivity contribution in [2.75, 3.05) is 19.0 Å². The molecule has 7 N–H and O–H groups in total. The van der Waals surface area contributed by atoms with Crippen LogP contribution < -0.4 is 26.6 Å². The number of carbonyl (C=O) groups is 3. The number of hydrogen-bond donors (Lipinski definition) is 6. The Balaban J connectivity index is 2.25. The van der Waals surface area contributed by atoms with Crippen molar-refractivity contribution in [1.29, 1.82) is 0 Å². The minimum Gasteiger partial charge on any atom is -0.496 e. The molecule has 0 bridgehead atoms. The average Bonchev–Trinajstić information content (AvgIpc) is 2.76. The summed E-state index contributed by atoms with van der Waals surface area (Å²) in [6.07, 6.45) is -1.22. The molecule has 2 atom stereocenters. The fourth-order valence-electron chi connectivity index (χ4n) is 2.72. The van der Waals surface area contributed by atoms with Crippen LogP contribution in [0.4, 0.5) is 5.69 Å². The molecular formula is C20H24N4O6. The molecule has 0 saturated heterocycles. The molecule has 0 fully saturated rings. The molecule has 160 valence electrons. The molecule has 3 amide bonds. The molecule has 2 rings (SSSR count). The summed E-state index contributed by atoms with van der Waals surface area (Å²) in [4.78, 5) is 35.5. The number of benzene rings is 2. The van der Waals surface area contributed by atoms with Gasteiger partial charge in [0.2, 0.25) is 5.91 Å². The van der Waals surface area contributed by atoms with E-state index in [1.807, 2.05) is 0 Å². The Morgan fingerprint density at radius 2 is 1.80 bits per heavy atom. The summed E-state index contributed by atoms with van der Waals surface area (Å²) in [5.41, 5.74) is 8.95. The van der Waals surface area contributed by atoms with Gasteiger partial charge in [-0.1, -0.05) is 12.1 Å². The summed E-state index contributed by atoms with van der Waals surface area (Å²) in [5, 5.41) is 23.4. The van der Waals surface area contributed by atoms with E-state index in [0.717, 1.165) is 5.56 Å².